The molecular weight excluding hydrogens is 367 g/mol. The Morgan fingerprint density at radius 2 is 1.19 bits per heavy atom. The van der Waals surface area contributed by atoms with E-state index < -0.39 is 7.26 Å². The highest BCUT2D eigenvalue weighted by Crippen LogP contribution is 2.55. The molecule has 156 valence electrons. The molecule has 0 aliphatic heterocycles. The van der Waals surface area contributed by atoms with Crippen LogP contribution in [0.5, 0.6) is 0 Å². The summed E-state index contributed by atoms with van der Waals surface area (Å²) in [5.41, 5.74) is 2.73. The van der Waals surface area contributed by atoms with Crippen LogP contribution in [0.15, 0.2) is 30.8 Å². The van der Waals surface area contributed by atoms with E-state index >= 15 is 0 Å². The van der Waals surface area contributed by atoms with Crippen molar-refractivity contribution in [1.82, 2.24) is 0 Å². The van der Waals surface area contributed by atoms with Gasteiger partial charge in [0.15, 0.2) is 0 Å². The lowest BCUT2D eigenvalue weighted by molar-refractivity contribution is -0.00000583. The average molecular weight is 411 g/mol. The summed E-state index contributed by atoms with van der Waals surface area (Å²) >= 11 is 0. The second-order valence-electron chi connectivity index (χ2n) is 8.65. The van der Waals surface area contributed by atoms with Crippen molar-refractivity contribution in [2.45, 2.75) is 90.1 Å². The van der Waals surface area contributed by atoms with E-state index in [9.17, 15) is 0 Å². The maximum atomic E-state index is 3.84. The first-order chi connectivity index (χ1) is 12.6. The van der Waals surface area contributed by atoms with Gasteiger partial charge in [0.05, 0.1) is 12.3 Å². The molecule has 0 saturated heterocycles. The van der Waals surface area contributed by atoms with E-state index in [1.54, 1.807) is 0 Å². The molecule has 0 unspecified atom stereocenters. The monoisotopic (exact) mass is 410 g/mol. The fourth-order valence-electron chi connectivity index (χ4n) is 3.71. The maximum absolute atomic E-state index is 3.84. The summed E-state index contributed by atoms with van der Waals surface area (Å²) < 4.78 is 0. The minimum absolute atomic E-state index is 0. The van der Waals surface area contributed by atoms with Crippen LogP contribution >= 0.6 is 7.26 Å². The van der Waals surface area contributed by atoms with E-state index in [0.29, 0.717) is 0 Å². The molecule has 1 aromatic rings. The van der Waals surface area contributed by atoms with Gasteiger partial charge in [-0.2, -0.15) is 0 Å². The first kappa shape index (κ1) is 26.7. The van der Waals surface area contributed by atoms with E-state index in [1.807, 2.05) is 6.08 Å². The third-order valence-electron chi connectivity index (χ3n) is 5.44. The average Bonchev–Trinajstić information content (AvgIpc) is 2.63. The van der Waals surface area contributed by atoms with E-state index in [4.69, 9.17) is 0 Å². The highest BCUT2D eigenvalue weighted by molar-refractivity contribution is 7.73. The molecular formula is C25H44ClP. The van der Waals surface area contributed by atoms with Gasteiger partial charge in [0.25, 0.3) is 0 Å². The van der Waals surface area contributed by atoms with Crippen molar-refractivity contribution in [3.8, 4) is 0 Å². The summed E-state index contributed by atoms with van der Waals surface area (Å²) in [6.07, 6.45) is 22.0. The Labute approximate surface area is 177 Å². The van der Waals surface area contributed by atoms with Crippen LogP contribution in [-0.2, 0) is 6.16 Å². The molecule has 1 aromatic carbocycles. The van der Waals surface area contributed by atoms with Gasteiger partial charge in [0, 0.05) is 20.6 Å². The number of halogens is 1. The lowest BCUT2D eigenvalue weighted by atomic mass is 10.1. The fourth-order valence-corrected chi connectivity index (χ4v) is 6.15. The van der Waals surface area contributed by atoms with Gasteiger partial charge in [-0.3, -0.25) is 0 Å². The lowest BCUT2D eigenvalue weighted by Gasteiger charge is -2.18. The van der Waals surface area contributed by atoms with E-state index in [2.05, 4.69) is 51.1 Å². The van der Waals surface area contributed by atoms with Gasteiger partial charge in [-0.05, 0) is 24.0 Å². The van der Waals surface area contributed by atoms with Crippen LogP contribution in [0, 0.1) is 0 Å². The Hall–Kier alpha value is -0.320. The van der Waals surface area contributed by atoms with Crippen molar-refractivity contribution in [3.05, 3.63) is 42.0 Å². The van der Waals surface area contributed by atoms with E-state index in [-0.39, 0.29) is 12.4 Å². The molecule has 0 bridgehead atoms. The third-order valence-corrected chi connectivity index (χ3v) is 8.19. The summed E-state index contributed by atoms with van der Waals surface area (Å²) in [6.45, 7) is 11.2. The molecule has 0 saturated carbocycles. The number of benzene rings is 1. The largest absolute Gasteiger partial charge is 1.00 e. The summed E-state index contributed by atoms with van der Waals surface area (Å²) in [7, 11) is -0.794. The Bertz CT molecular complexity index is 464. The Balaban J connectivity index is 0.00000676. The Morgan fingerprint density at radius 1 is 0.741 bits per heavy atom. The maximum Gasteiger partial charge on any atom is 0.0837 e. The lowest BCUT2D eigenvalue weighted by Crippen LogP contribution is -3.00. The molecule has 2 heteroatoms. The molecule has 0 atom stereocenters. The topological polar surface area (TPSA) is 0 Å². The molecule has 0 aliphatic rings. The zero-order valence-electron chi connectivity index (χ0n) is 18.3. The van der Waals surface area contributed by atoms with Crippen LogP contribution < -0.4 is 12.4 Å². The first-order valence-electron chi connectivity index (χ1n) is 11.1. The summed E-state index contributed by atoms with van der Waals surface area (Å²) in [5, 5.41) is 0. The Kier molecular flexibility index (Phi) is 16.4. The van der Waals surface area contributed by atoms with Crippen LogP contribution in [0.1, 0.15) is 95.1 Å². The molecule has 0 heterocycles. The summed E-state index contributed by atoms with van der Waals surface area (Å²) in [5.74, 6) is 0. The van der Waals surface area contributed by atoms with Crippen LogP contribution in [0.4, 0.5) is 0 Å². The van der Waals surface area contributed by atoms with Crippen LogP contribution in [0.3, 0.4) is 0 Å². The third kappa shape index (κ3) is 14.3. The normalized spacial score (nSPS) is 11.2. The molecule has 0 fully saturated rings. The molecule has 0 nitrogen and oxygen atoms in total. The summed E-state index contributed by atoms with van der Waals surface area (Å²) in [4.78, 5) is 0. The van der Waals surface area contributed by atoms with Crippen molar-refractivity contribution >= 4 is 13.3 Å². The molecule has 1 rings (SSSR count). The molecule has 0 aliphatic carbocycles. The van der Waals surface area contributed by atoms with Crippen LogP contribution in [-0.4, -0.2) is 19.5 Å². The van der Waals surface area contributed by atoms with Crippen molar-refractivity contribution in [2.75, 3.05) is 19.5 Å². The van der Waals surface area contributed by atoms with Gasteiger partial charge in [-0.25, -0.2) is 0 Å². The molecule has 0 aromatic heterocycles. The highest BCUT2D eigenvalue weighted by Gasteiger charge is 2.24. The van der Waals surface area contributed by atoms with Crippen LogP contribution in [0.2, 0.25) is 0 Å². The van der Waals surface area contributed by atoms with Gasteiger partial charge in [-0.1, -0.05) is 108 Å². The smallest absolute Gasteiger partial charge is 0.0837 e. The SMILES string of the molecule is C=Cc1ccc(C[P+](C)(C)CCCCCCCCCCCCCC)cc1.[Cl-]. The van der Waals surface area contributed by atoms with Crippen molar-refractivity contribution in [2.24, 2.45) is 0 Å². The van der Waals surface area contributed by atoms with Gasteiger partial charge >= 0.3 is 0 Å². The summed E-state index contributed by atoms with van der Waals surface area (Å²) in [6, 6.07) is 8.99. The number of hydrogen-bond acceptors (Lipinski definition) is 0. The molecule has 0 radical (unpaired) electrons. The minimum Gasteiger partial charge on any atom is -1.00 e. The van der Waals surface area contributed by atoms with Crippen molar-refractivity contribution < 1.29 is 12.4 Å². The van der Waals surface area contributed by atoms with E-state index in [1.165, 1.54) is 101 Å². The van der Waals surface area contributed by atoms with Gasteiger partial charge in [0.1, 0.15) is 0 Å². The standard InChI is InChI=1S/C25H44P.ClH/c1-5-7-8-9-10-11-12-13-14-15-16-17-22-26(3,4)23-25-20-18-24(6-2)19-21-25;/h6,18-21H,2,5,7-17,22-23H2,1,3-4H3;1H/q+1;/p-1. The predicted molar refractivity (Wildman–Crippen MR) is 125 cm³/mol. The molecule has 0 amide bonds. The van der Waals surface area contributed by atoms with Gasteiger partial charge in [0.2, 0.25) is 0 Å². The fraction of sp³-hybridized carbons (Fsp3) is 0.680. The molecule has 0 spiro atoms. The van der Waals surface area contributed by atoms with E-state index in [0.717, 1.165) is 0 Å². The highest BCUT2D eigenvalue weighted by atomic mass is 35.5. The minimum atomic E-state index is -0.794. The zero-order chi connectivity index (χ0) is 19.1. The number of unbranched alkanes of at least 4 members (excludes halogenated alkanes) is 11. The van der Waals surface area contributed by atoms with Crippen molar-refractivity contribution in [3.63, 3.8) is 0 Å². The second-order valence-corrected chi connectivity index (χ2v) is 13.3. The number of rotatable bonds is 16. The predicted octanol–water partition coefficient (Wildman–Crippen LogP) is 5.81. The first-order valence-corrected chi connectivity index (χ1v) is 14.2. The van der Waals surface area contributed by atoms with Gasteiger partial charge in [-0.15, -0.1) is 0 Å². The Morgan fingerprint density at radius 3 is 1.63 bits per heavy atom. The van der Waals surface area contributed by atoms with Crippen LogP contribution in [0.25, 0.3) is 6.08 Å². The molecule has 0 N–H and O–H groups in total. The second kappa shape index (κ2) is 16.6. The quantitative estimate of drug-likeness (QED) is 0.238. The van der Waals surface area contributed by atoms with Gasteiger partial charge < -0.3 is 12.4 Å². The number of hydrogen-bond donors (Lipinski definition) is 0. The van der Waals surface area contributed by atoms with Crippen molar-refractivity contribution in [1.29, 1.82) is 0 Å². The molecule has 27 heavy (non-hydrogen) atoms. The zero-order valence-corrected chi connectivity index (χ0v) is 20.0.